The van der Waals surface area contributed by atoms with Gasteiger partial charge in [-0.1, -0.05) is 0 Å². The number of benzene rings is 1. The average molecular weight is 327 g/mol. The minimum atomic E-state index is -4.75. The van der Waals surface area contributed by atoms with Gasteiger partial charge in [-0.15, -0.1) is 0 Å². The fourth-order valence-electron chi connectivity index (χ4n) is 2.86. The van der Waals surface area contributed by atoms with E-state index < -0.39 is 29.2 Å². The third-order valence-corrected chi connectivity index (χ3v) is 3.95. The monoisotopic (exact) mass is 327 g/mol. The van der Waals surface area contributed by atoms with Gasteiger partial charge in [-0.25, -0.2) is 4.39 Å². The molecule has 1 aromatic carbocycles. The van der Waals surface area contributed by atoms with Gasteiger partial charge in [0.1, 0.15) is 5.82 Å². The van der Waals surface area contributed by atoms with Crippen molar-refractivity contribution in [2.24, 2.45) is 0 Å². The number of hydrogen-bond acceptors (Lipinski definition) is 2. The van der Waals surface area contributed by atoms with E-state index in [1.165, 1.54) is 23.1 Å². The molecule has 1 aromatic heterocycles. The summed E-state index contributed by atoms with van der Waals surface area (Å²) in [5.41, 5.74) is 0.500. The van der Waals surface area contributed by atoms with Gasteiger partial charge >= 0.3 is 6.18 Å². The molecule has 1 atom stereocenters. The highest BCUT2D eigenvalue weighted by molar-refractivity contribution is 6.07. The van der Waals surface area contributed by atoms with Crippen LogP contribution in [-0.2, 0) is 12.6 Å². The van der Waals surface area contributed by atoms with E-state index in [2.05, 4.69) is 4.42 Å². The first-order valence-electron chi connectivity index (χ1n) is 7.05. The van der Waals surface area contributed by atoms with Gasteiger partial charge in [0.05, 0.1) is 11.8 Å². The molecule has 0 fully saturated rings. The highest BCUT2D eigenvalue weighted by atomic mass is 19.4. The lowest BCUT2D eigenvalue weighted by Gasteiger charge is -2.35. The standard InChI is InChI=1S/C16H13F4NO2/c1-9-2-3-10-8-11(17)4-5-13(10)21(9)15(22)12-6-7-23-14(12)16(18,19)20/h4-9H,2-3H2,1H3. The Bertz CT molecular complexity index is 751. The van der Waals surface area contributed by atoms with Crippen LogP contribution in [0.4, 0.5) is 23.2 Å². The van der Waals surface area contributed by atoms with Crippen LogP contribution in [0.1, 0.15) is 35.0 Å². The van der Waals surface area contributed by atoms with Crippen molar-refractivity contribution in [3.05, 3.63) is 53.2 Å². The number of nitrogens with zero attached hydrogens (tertiary/aromatic N) is 1. The molecule has 1 unspecified atom stereocenters. The zero-order chi connectivity index (χ0) is 16.8. The highest BCUT2D eigenvalue weighted by Crippen LogP contribution is 2.37. The number of amides is 1. The first-order chi connectivity index (χ1) is 10.8. The number of anilines is 1. The summed E-state index contributed by atoms with van der Waals surface area (Å²) in [7, 11) is 0. The van der Waals surface area contributed by atoms with Crippen LogP contribution in [0.5, 0.6) is 0 Å². The van der Waals surface area contributed by atoms with E-state index in [0.29, 0.717) is 24.1 Å². The van der Waals surface area contributed by atoms with Crippen molar-refractivity contribution in [2.75, 3.05) is 4.90 Å². The lowest BCUT2D eigenvalue weighted by molar-refractivity contribution is -0.153. The summed E-state index contributed by atoms with van der Waals surface area (Å²) >= 11 is 0. The van der Waals surface area contributed by atoms with Crippen LogP contribution in [0, 0.1) is 5.82 Å². The van der Waals surface area contributed by atoms with E-state index in [-0.39, 0.29) is 6.04 Å². The second kappa shape index (κ2) is 5.40. The Labute approximate surface area is 129 Å². The van der Waals surface area contributed by atoms with Crippen LogP contribution in [0.25, 0.3) is 0 Å². The Balaban J connectivity index is 2.05. The second-order valence-corrected chi connectivity index (χ2v) is 5.50. The fourth-order valence-corrected chi connectivity index (χ4v) is 2.86. The van der Waals surface area contributed by atoms with Crippen LogP contribution in [0.2, 0.25) is 0 Å². The van der Waals surface area contributed by atoms with Crippen molar-refractivity contribution in [1.29, 1.82) is 0 Å². The molecule has 7 heteroatoms. The summed E-state index contributed by atoms with van der Waals surface area (Å²) in [6.07, 6.45) is -2.80. The topological polar surface area (TPSA) is 33.5 Å². The molecule has 1 amide bonds. The summed E-state index contributed by atoms with van der Waals surface area (Å²) in [4.78, 5) is 13.9. The third kappa shape index (κ3) is 2.71. The molecule has 0 saturated carbocycles. The lowest BCUT2D eigenvalue weighted by atomic mass is 9.95. The Morgan fingerprint density at radius 3 is 2.74 bits per heavy atom. The first kappa shape index (κ1) is 15.6. The zero-order valence-electron chi connectivity index (χ0n) is 12.2. The van der Waals surface area contributed by atoms with Gasteiger partial charge in [0.2, 0.25) is 5.76 Å². The van der Waals surface area contributed by atoms with Crippen LogP contribution in [-0.4, -0.2) is 11.9 Å². The van der Waals surface area contributed by atoms with E-state index in [4.69, 9.17) is 0 Å². The van der Waals surface area contributed by atoms with Gasteiger partial charge in [0, 0.05) is 11.7 Å². The summed E-state index contributed by atoms with van der Waals surface area (Å²) < 4.78 is 56.6. The van der Waals surface area contributed by atoms with Gasteiger partial charge in [-0.05, 0) is 49.6 Å². The lowest BCUT2D eigenvalue weighted by Crippen LogP contribution is -2.42. The minimum absolute atomic E-state index is 0.295. The average Bonchev–Trinajstić information content (AvgIpc) is 2.96. The molecule has 0 bridgehead atoms. The molecule has 0 N–H and O–H groups in total. The van der Waals surface area contributed by atoms with E-state index in [0.717, 1.165) is 12.3 Å². The number of alkyl halides is 3. The molecule has 3 rings (SSSR count). The number of hydrogen-bond donors (Lipinski definition) is 0. The van der Waals surface area contributed by atoms with E-state index in [1.807, 2.05) is 0 Å². The molecule has 0 radical (unpaired) electrons. The van der Waals surface area contributed by atoms with Crippen LogP contribution in [0.3, 0.4) is 0 Å². The molecule has 0 saturated heterocycles. The molecule has 23 heavy (non-hydrogen) atoms. The number of furan rings is 1. The predicted molar refractivity (Wildman–Crippen MR) is 74.7 cm³/mol. The molecule has 0 spiro atoms. The smallest absolute Gasteiger partial charge is 0.450 e. The van der Waals surface area contributed by atoms with Crippen LogP contribution < -0.4 is 4.90 Å². The third-order valence-electron chi connectivity index (χ3n) is 3.95. The van der Waals surface area contributed by atoms with Crippen molar-refractivity contribution in [3.63, 3.8) is 0 Å². The number of carbonyl (C=O) groups is 1. The van der Waals surface area contributed by atoms with E-state index in [9.17, 15) is 22.4 Å². The first-order valence-corrected chi connectivity index (χ1v) is 7.05. The number of carbonyl (C=O) groups excluding carboxylic acids is 1. The molecule has 2 heterocycles. The molecule has 0 aliphatic carbocycles. The van der Waals surface area contributed by atoms with Gasteiger partial charge in [-0.3, -0.25) is 4.79 Å². The summed E-state index contributed by atoms with van der Waals surface area (Å²) in [5.74, 6) is -2.56. The highest BCUT2D eigenvalue weighted by Gasteiger charge is 2.41. The summed E-state index contributed by atoms with van der Waals surface area (Å²) in [5, 5.41) is 0. The minimum Gasteiger partial charge on any atom is -0.459 e. The maximum Gasteiger partial charge on any atom is 0.450 e. The van der Waals surface area contributed by atoms with Gasteiger partial charge in [-0.2, -0.15) is 13.2 Å². The molecule has 1 aliphatic heterocycles. The zero-order valence-corrected chi connectivity index (χ0v) is 12.2. The Kier molecular flexibility index (Phi) is 3.66. The Hall–Kier alpha value is -2.31. The van der Waals surface area contributed by atoms with Crippen LogP contribution >= 0.6 is 0 Å². The molecule has 122 valence electrons. The second-order valence-electron chi connectivity index (χ2n) is 5.50. The fraction of sp³-hybridized carbons (Fsp3) is 0.312. The number of halogens is 4. The van der Waals surface area contributed by atoms with Crippen molar-refractivity contribution in [1.82, 2.24) is 0 Å². The van der Waals surface area contributed by atoms with Gasteiger partial charge < -0.3 is 9.32 Å². The predicted octanol–water partition coefficient (Wildman–Crippen LogP) is 4.42. The summed E-state index contributed by atoms with van der Waals surface area (Å²) in [6, 6.07) is 4.64. The van der Waals surface area contributed by atoms with Crippen molar-refractivity contribution in [2.45, 2.75) is 32.0 Å². The number of aryl methyl sites for hydroxylation is 1. The number of rotatable bonds is 1. The molecule has 2 aromatic rings. The quantitative estimate of drug-likeness (QED) is 0.727. The van der Waals surface area contributed by atoms with Gasteiger partial charge in [0.25, 0.3) is 5.91 Å². The Morgan fingerprint density at radius 1 is 1.30 bits per heavy atom. The van der Waals surface area contributed by atoms with E-state index in [1.54, 1.807) is 6.92 Å². The van der Waals surface area contributed by atoms with Crippen molar-refractivity contribution < 1.29 is 26.8 Å². The molecular weight excluding hydrogens is 314 g/mol. The van der Waals surface area contributed by atoms with Gasteiger partial charge in [0.15, 0.2) is 0 Å². The summed E-state index contributed by atoms with van der Waals surface area (Å²) in [6.45, 7) is 1.75. The largest absolute Gasteiger partial charge is 0.459 e. The van der Waals surface area contributed by atoms with Crippen molar-refractivity contribution >= 4 is 11.6 Å². The molecular formula is C16H13F4NO2. The molecule has 3 nitrogen and oxygen atoms in total. The maximum absolute atomic E-state index is 13.3. The SMILES string of the molecule is CC1CCc2cc(F)ccc2N1C(=O)c1ccoc1C(F)(F)F. The van der Waals surface area contributed by atoms with Crippen LogP contribution in [0.15, 0.2) is 34.9 Å². The molecule has 1 aliphatic rings. The number of fused-ring (bicyclic) bond motifs is 1. The van der Waals surface area contributed by atoms with E-state index >= 15 is 0 Å². The normalized spacial score (nSPS) is 18.0. The Morgan fingerprint density at radius 2 is 2.04 bits per heavy atom. The van der Waals surface area contributed by atoms with Crippen molar-refractivity contribution in [3.8, 4) is 0 Å². The maximum atomic E-state index is 13.3.